The summed E-state index contributed by atoms with van der Waals surface area (Å²) in [6.07, 6.45) is 0. The summed E-state index contributed by atoms with van der Waals surface area (Å²) in [5, 5.41) is 8.85. The third kappa shape index (κ3) is 4.34. The van der Waals surface area contributed by atoms with Crippen LogP contribution in [0.1, 0.15) is 27.7 Å². The Hall–Kier alpha value is -0.570. The Morgan fingerprint density at radius 2 is 2.00 bits per heavy atom. The summed E-state index contributed by atoms with van der Waals surface area (Å²) in [5.41, 5.74) is -0.329. The van der Waals surface area contributed by atoms with Crippen LogP contribution in [0.25, 0.3) is 0 Å². The number of rotatable bonds is 4. The molecule has 0 aromatic heterocycles. The van der Waals surface area contributed by atoms with Crippen molar-refractivity contribution in [2.24, 2.45) is 11.3 Å². The van der Waals surface area contributed by atoms with Gasteiger partial charge in [0.15, 0.2) is 0 Å². The summed E-state index contributed by atoms with van der Waals surface area (Å²) in [7, 11) is 0. The van der Waals surface area contributed by atoms with E-state index >= 15 is 0 Å². The Balaban J connectivity index is 3.76. The van der Waals surface area contributed by atoms with E-state index in [9.17, 15) is 4.79 Å². The van der Waals surface area contributed by atoms with Crippen molar-refractivity contribution in [3.8, 4) is 0 Å². The molecule has 0 spiro atoms. The Morgan fingerprint density at radius 1 is 1.50 bits per heavy atom. The van der Waals surface area contributed by atoms with Crippen molar-refractivity contribution in [1.29, 1.82) is 0 Å². The first kappa shape index (κ1) is 11.4. The summed E-state index contributed by atoms with van der Waals surface area (Å²) in [6.45, 7) is 7.57. The minimum atomic E-state index is -0.329. The van der Waals surface area contributed by atoms with Crippen LogP contribution in [0.5, 0.6) is 0 Å². The fourth-order valence-electron chi connectivity index (χ4n) is 0.479. The van der Waals surface area contributed by atoms with Gasteiger partial charge in [-0.15, -0.1) is 0 Å². The van der Waals surface area contributed by atoms with E-state index < -0.39 is 0 Å². The molecule has 0 unspecified atom stereocenters. The summed E-state index contributed by atoms with van der Waals surface area (Å²) >= 11 is 0. The summed E-state index contributed by atoms with van der Waals surface area (Å²) in [4.78, 5) is 11.0. The van der Waals surface area contributed by atoms with Crippen LogP contribution in [0.15, 0.2) is 0 Å². The number of aliphatic hydroxyl groups is 1. The van der Waals surface area contributed by atoms with Gasteiger partial charge in [-0.05, 0) is 0 Å². The zero-order valence-electron chi connectivity index (χ0n) is 8.26. The van der Waals surface area contributed by atoms with Gasteiger partial charge in [0.05, 0.1) is 19.1 Å². The molecule has 12 heavy (non-hydrogen) atoms. The molecular weight excluding hydrogens is 156 g/mol. The monoisotopic (exact) mass is 174 g/mol. The van der Waals surface area contributed by atoms with Crippen molar-refractivity contribution in [1.82, 2.24) is 0 Å². The third-order valence-corrected chi connectivity index (χ3v) is 1.50. The fraction of sp³-hybridized carbons (Fsp3) is 0.889. The normalized spacial score (nSPS) is 11.8. The largest absolute Gasteiger partial charge is 0.465 e. The molecule has 0 radical (unpaired) electrons. The van der Waals surface area contributed by atoms with Crippen molar-refractivity contribution < 1.29 is 14.6 Å². The van der Waals surface area contributed by atoms with Crippen molar-refractivity contribution in [2.45, 2.75) is 27.7 Å². The van der Waals surface area contributed by atoms with Crippen molar-refractivity contribution >= 4 is 5.97 Å². The molecule has 0 rings (SSSR count). The van der Waals surface area contributed by atoms with Gasteiger partial charge >= 0.3 is 5.97 Å². The topological polar surface area (TPSA) is 46.5 Å². The molecule has 0 aromatic carbocycles. The van der Waals surface area contributed by atoms with Crippen molar-refractivity contribution in [3.63, 3.8) is 0 Å². The van der Waals surface area contributed by atoms with E-state index in [4.69, 9.17) is 9.84 Å². The zero-order chi connectivity index (χ0) is 9.78. The van der Waals surface area contributed by atoms with Gasteiger partial charge in [0.1, 0.15) is 0 Å². The van der Waals surface area contributed by atoms with E-state index in [1.165, 1.54) is 0 Å². The van der Waals surface area contributed by atoms with E-state index in [1.54, 1.807) is 13.8 Å². The first-order valence-electron chi connectivity index (χ1n) is 4.16. The number of hydrogen-bond acceptors (Lipinski definition) is 3. The van der Waals surface area contributed by atoms with Gasteiger partial charge in [-0.25, -0.2) is 0 Å². The molecule has 0 aromatic rings. The average Bonchev–Trinajstić information content (AvgIpc) is 2.00. The highest BCUT2D eigenvalue weighted by molar-refractivity contribution is 5.71. The van der Waals surface area contributed by atoms with Crippen LogP contribution in [0.4, 0.5) is 0 Å². The summed E-state index contributed by atoms with van der Waals surface area (Å²) in [5.74, 6) is -0.309. The lowest BCUT2D eigenvalue weighted by molar-refractivity contribution is -0.151. The first-order chi connectivity index (χ1) is 5.39. The Labute approximate surface area is 73.7 Å². The highest BCUT2D eigenvalue weighted by Crippen LogP contribution is 2.14. The Morgan fingerprint density at radius 3 is 2.33 bits per heavy atom. The number of carbonyl (C=O) groups is 1. The maximum Gasteiger partial charge on any atom is 0.308 e. The molecule has 3 heteroatoms. The second-order valence-corrected chi connectivity index (χ2v) is 4.08. The summed E-state index contributed by atoms with van der Waals surface area (Å²) in [6, 6.07) is 0. The van der Waals surface area contributed by atoms with Crippen LogP contribution in [0, 0.1) is 11.3 Å². The summed E-state index contributed by atoms with van der Waals surface area (Å²) < 4.78 is 4.96. The molecule has 0 heterocycles. The van der Waals surface area contributed by atoms with Crippen LogP contribution < -0.4 is 0 Å². The Kier molecular flexibility index (Phi) is 4.24. The highest BCUT2D eigenvalue weighted by atomic mass is 16.5. The molecule has 0 aliphatic carbocycles. The van der Waals surface area contributed by atoms with Gasteiger partial charge in [-0.3, -0.25) is 4.79 Å². The second kappa shape index (κ2) is 4.45. The van der Waals surface area contributed by atoms with E-state index in [-0.39, 0.29) is 30.5 Å². The molecule has 0 saturated carbocycles. The lowest BCUT2D eigenvalue weighted by Crippen LogP contribution is -2.26. The van der Waals surface area contributed by atoms with Gasteiger partial charge in [-0.1, -0.05) is 27.7 Å². The quantitative estimate of drug-likeness (QED) is 0.651. The molecule has 0 aliphatic heterocycles. The van der Waals surface area contributed by atoms with Crippen molar-refractivity contribution in [2.75, 3.05) is 13.2 Å². The molecule has 1 N–H and O–H groups in total. The number of carbonyl (C=O) groups excluding carboxylic acids is 1. The lowest BCUT2D eigenvalue weighted by Gasteiger charge is -2.21. The van der Waals surface area contributed by atoms with E-state index in [2.05, 4.69) is 0 Å². The van der Waals surface area contributed by atoms with Gasteiger partial charge < -0.3 is 9.84 Å². The maximum absolute atomic E-state index is 11.0. The van der Waals surface area contributed by atoms with E-state index in [0.29, 0.717) is 0 Å². The molecule has 0 bridgehead atoms. The fourth-order valence-corrected chi connectivity index (χ4v) is 0.479. The molecule has 3 nitrogen and oxygen atoms in total. The molecule has 0 fully saturated rings. The van der Waals surface area contributed by atoms with Gasteiger partial charge in [0.25, 0.3) is 0 Å². The van der Waals surface area contributed by atoms with Gasteiger partial charge in [-0.2, -0.15) is 0 Å². The van der Waals surface area contributed by atoms with E-state index in [0.717, 1.165) is 0 Å². The highest BCUT2D eigenvalue weighted by Gasteiger charge is 2.19. The number of ether oxygens (including phenoxy) is 1. The van der Waals surface area contributed by atoms with Crippen LogP contribution in [-0.2, 0) is 9.53 Å². The number of esters is 1. The van der Waals surface area contributed by atoms with Gasteiger partial charge in [0.2, 0.25) is 0 Å². The van der Waals surface area contributed by atoms with Crippen LogP contribution >= 0.6 is 0 Å². The van der Waals surface area contributed by atoms with Crippen LogP contribution in [-0.4, -0.2) is 24.3 Å². The van der Waals surface area contributed by atoms with Crippen LogP contribution in [0.2, 0.25) is 0 Å². The van der Waals surface area contributed by atoms with Crippen molar-refractivity contribution in [3.05, 3.63) is 0 Å². The number of hydrogen-bond donors (Lipinski definition) is 1. The number of aliphatic hydroxyl groups excluding tert-OH is 1. The van der Waals surface area contributed by atoms with Crippen LogP contribution in [0.3, 0.4) is 0 Å². The average molecular weight is 174 g/mol. The zero-order valence-corrected chi connectivity index (χ0v) is 8.26. The third-order valence-electron chi connectivity index (χ3n) is 1.50. The smallest absolute Gasteiger partial charge is 0.308 e. The molecule has 0 saturated heterocycles. The lowest BCUT2D eigenvalue weighted by atomic mass is 9.96. The predicted molar refractivity (Wildman–Crippen MR) is 46.7 cm³/mol. The Bertz CT molecular complexity index is 150. The maximum atomic E-state index is 11.0. The molecular formula is C9H18O3. The minimum Gasteiger partial charge on any atom is -0.465 e. The molecule has 72 valence electrons. The van der Waals surface area contributed by atoms with E-state index in [1.807, 2.05) is 13.8 Å². The molecule has 0 atom stereocenters. The minimum absolute atomic E-state index is 0.0262. The second-order valence-electron chi connectivity index (χ2n) is 4.08. The molecule has 0 amide bonds. The standard InChI is InChI=1S/C9H18O3/c1-7(2)8(11)12-6-9(3,4)5-10/h7,10H,5-6H2,1-4H3. The first-order valence-corrected chi connectivity index (χ1v) is 4.16. The molecule has 0 aliphatic rings. The van der Waals surface area contributed by atoms with Gasteiger partial charge in [0, 0.05) is 5.41 Å². The SMILES string of the molecule is CC(C)C(=O)OCC(C)(C)CO. The predicted octanol–water partition coefficient (Wildman–Crippen LogP) is 1.20.